The van der Waals surface area contributed by atoms with Crippen molar-refractivity contribution in [2.24, 2.45) is 0 Å². The largest absolute Gasteiger partial charge is 0.332 e. The van der Waals surface area contributed by atoms with Gasteiger partial charge >= 0.3 is 0 Å². The maximum Gasteiger partial charge on any atom is 0.238 e. The van der Waals surface area contributed by atoms with Gasteiger partial charge in [0.05, 0.1) is 11.3 Å². The third kappa shape index (κ3) is 5.08. The Morgan fingerprint density at radius 2 is 2.13 bits per heavy atom. The summed E-state index contributed by atoms with van der Waals surface area (Å²) in [6.45, 7) is 4.92. The fourth-order valence-corrected chi connectivity index (χ4v) is 3.48. The lowest BCUT2D eigenvalue weighted by Crippen LogP contribution is -2.50. The van der Waals surface area contributed by atoms with Gasteiger partial charge in [-0.05, 0) is 31.5 Å². The van der Waals surface area contributed by atoms with Crippen molar-refractivity contribution in [1.82, 2.24) is 10.2 Å². The summed E-state index contributed by atoms with van der Waals surface area (Å²) in [5.41, 5.74) is 0.912. The van der Waals surface area contributed by atoms with Crippen molar-refractivity contribution >= 4 is 39.8 Å². The maximum atomic E-state index is 12.5. The van der Waals surface area contributed by atoms with Gasteiger partial charge in [-0.2, -0.15) is 0 Å². The van der Waals surface area contributed by atoms with Gasteiger partial charge in [-0.15, -0.1) is 12.4 Å². The lowest BCUT2D eigenvalue weighted by atomic mass is 10.0. The molecule has 130 valence electrons. The van der Waals surface area contributed by atoms with Gasteiger partial charge in [0.15, 0.2) is 9.84 Å². The molecule has 1 N–H and O–H groups in total. The minimum Gasteiger partial charge on any atom is -0.332 e. The van der Waals surface area contributed by atoms with Crippen LogP contribution in [0.1, 0.15) is 25.5 Å². The van der Waals surface area contributed by atoms with E-state index in [1.54, 1.807) is 24.8 Å². The zero-order valence-corrected chi connectivity index (χ0v) is 15.5. The number of nitrogens with zero attached hydrogens (tertiary/aromatic N) is 1. The van der Waals surface area contributed by atoms with Crippen molar-refractivity contribution in [3.8, 4) is 0 Å². The van der Waals surface area contributed by atoms with Gasteiger partial charge in [-0.3, -0.25) is 4.79 Å². The highest BCUT2D eigenvalue weighted by molar-refractivity contribution is 7.92. The van der Waals surface area contributed by atoms with E-state index < -0.39 is 20.8 Å². The number of carbonyl (C=O) groups is 1. The van der Waals surface area contributed by atoms with Crippen LogP contribution >= 0.6 is 24.0 Å². The van der Waals surface area contributed by atoms with Crippen molar-refractivity contribution < 1.29 is 13.2 Å². The Labute approximate surface area is 148 Å². The molecule has 0 spiro atoms. The summed E-state index contributed by atoms with van der Waals surface area (Å²) in [6.07, 6.45) is 0. The number of sulfone groups is 1. The normalized spacial score (nSPS) is 18.6. The first-order valence-electron chi connectivity index (χ1n) is 7.28. The van der Waals surface area contributed by atoms with Gasteiger partial charge in [-0.25, -0.2) is 8.42 Å². The number of piperazine rings is 1. The van der Waals surface area contributed by atoms with Gasteiger partial charge < -0.3 is 10.2 Å². The molecule has 1 heterocycles. The Balaban J connectivity index is 0.00000264. The molecule has 2 rings (SSSR count). The van der Waals surface area contributed by atoms with Crippen LogP contribution in [0.4, 0.5) is 0 Å². The molecule has 1 amide bonds. The second-order valence-corrected chi connectivity index (χ2v) is 8.71. The van der Waals surface area contributed by atoms with Crippen LogP contribution in [0.5, 0.6) is 0 Å². The molecule has 5 nitrogen and oxygen atoms in total. The van der Waals surface area contributed by atoms with E-state index in [0.717, 1.165) is 5.56 Å². The lowest BCUT2D eigenvalue weighted by molar-refractivity contribution is -0.131. The van der Waals surface area contributed by atoms with E-state index in [4.69, 9.17) is 11.6 Å². The average molecular weight is 381 g/mol. The van der Waals surface area contributed by atoms with Gasteiger partial charge in [0, 0.05) is 24.7 Å². The smallest absolute Gasteiger partial charge is 0.238 e. The summed E-state index contributed by atoms with van der Waals surface area (Å²) in [4.78, 5) is 14.1. The molecule has 23 heavy (non-hydrogen) atoms. The fourth-order valence-electron chi connectivity index (χ4n) is 2.44. The second kappa shape index (κ2) is 8.33. The van der Waals surface area contributed by atoms with Crippen LogP contribution < -0.4 is 5.32 Å². The standard InChI is InChI=1S/C15H21ClN2O3S.ClH/c1-11(2)22(20,21)10-15(19)18-7-6-17-9-14(18)12-4-3-5-13(16)8-12;/h3-5,8,11,14,17H,6-7,9-10H2,1-2H3;1H. The summed E-state index contributed by atoms with van der Waals surface area (Å²) in [7, 11) is -3.40. The first-order chi connectivity index (χ1) is 10.3. The van der Waals surface area contributed by atoms with Gasteiger partial charge in [-0.1, -0.05) is 23.7 Å². The molecule has 0 bridgehead atoms. The van der Waals surface area contributed by atoms with E-state index in [2.05, 4.69) is 5.32 Å². The molecule has 0 radical (unpaired) electrons. The van der Waals surface area contributed by atoms with E-state index >= 15 is 0 Å². The van der Waals surface area contributed by atoms with Crippen LogP contribution in [0.3, 0.4) is 0 Å². The summed E-state index contributed by atoms with van der Waals surface area (Å²) < 4.78 is 24.0. The van der Waals surface area contributed by atoms with Gasteiger partial charge in [0.2, 0.25) is 5.91 Å². The third-order valence-electron chi connectivity index (χ3n) is 3.84. The molecule has 1 aromatic rings. The Morgan fingerprint density at radius 1 is 1.43 bits per heavy atom. The van der Waals surface area contributed by atoms with E-state index in [1.165, 1.54) is 0 Å². The fraction of sp³-hybridized carbons (Fsp3) is 0.533. The molecule has 0 aromatic heterocycles. The first-order valence-corrected chi connectivity index (χ1v) is 9.38. The van der Waals surface area contributed by atoms with Crippen LogP contribution in [0.2, 0.25) is 5.02 Å². The highest BCUT2D eigenvalue weighted by Gasteiger charge is 2.31. The SMILES string of the molecule is CC(C)S(=O)(=O)CC(=O)N1CCNCC1c1cccc(Cl)c1.Cl. The van der Waals surface area contributed by atoms with Gasteiger partial charge in [0.25, 0.3) is 0 Å². The Morgan fingerprint density at radius 3 is 2.74 bits per heavy atom. The van der Waals surface area contributed by atoms with Crippen molar-refractivity contribution in [2.45, 2.75) is 25.1 Å². The molecule has 1 fully saturated rings. The van der Waals surface area contributed by atoms with Crippen molar-refractivity contribution in [1.29, 1.82) is 0 Å². The predicted octanol–water partition coefficient (Wildman–Crippen LogP) is 2.06. The molecular formula is C15H22Cl2N2O3S. The van der Waals surface area contributed by atoms with Crippen LogP contribution in [-0.4, -0.2) is 49.9 Å². The Hall–Kier alpha value is -0.820. The summed E-state index contributed by atoms with van der Waals surface area (Å²) >= 11 is 6.02. The molecule has 1 unspecified atom stereocenters. The van der Waals surface area contributed by atoms with E-state index in [1.807, 2.05) is 18.2 Å². The third-order valence-corrected chi connectivity index (χ3v) is 6.16. The highest BCUT2D eigenvalue weighted by atomic mass is 35.5. The van der Waals surface area contributed by atoms with Crippen LogP contribution in [0, 0.1) is 0 Å². The molecule has 0 saturated carbocycles. The maximum absolute atomic E-state index is 12.5. The van der Waals surface area contributed by atoms with Crippen LogP contribution in [0.15, 0.2) is 24.3 Å². The molecule has 1 aliphatic rings. The zero-order chi connectivity index (χ0) is 16.3. The van der Waals surface area contributed by atoms with Crippen molar-refractivity contribution in [3.05, 3.63) is 34.9 Å². The summed E-state index contributed by atoms with van der Waals surface area (Å²) in [6, 6.07) is 7.13. The lowest BCUT2D eigenvalue weighted by Gasteiger charge is -2.36. The number of halogens is 2. The van der Waals surface area contributed by atoms with Gasteiger partial charge in [0.1, 0.15) is 5.75 Å². The van der Waals surface area contributed by atoms with Crippen LogP contribution in [-0.2, 0) is 14.6 Å². The average Bonchev–Trinajstić information content (AvgIpc) is 2.46. The minimum absolute atomic E-state index is 0. The number of hydrogen-bond donors (Lipinski definition) is 1. The monoisotopic (exact) mass is 380 g/mol. The Bertz CT molecular complexity index is 650. The number of hydrogen-bond acceptors (Lipinski definition) is 4. The summed E-state index contributed by atoms with van der Waals surface area (Å²) in [5, 5.41) is 3.29. The number of rotatable bonds is 4. The number of carbonyl (C=O) groups excluding carboxylic acids is 1. The molecular weight excluding hydrogens is 359 g/mol. The van der Waals surface area contributed by atoms with Crippen molar-refractivity contribution in [2.75, 3.05) is 25.4 Å². The van der Waals surface area contributed by atoms with Crippen molar-refractivity contribution in [3.63, 3.8) is 0 Å². The van der Waals surface area contributed by atoms with E-state index in [-0.39, 0.29) is 24.4 Å². The van der Waals surface area contributed by atoms with Crippen LogP contribution in [0.25, 0.3) is 0 Å². The minimum atomic E-state index is -3.40. The molecule has 1 atom stereocenters. The molecule has 8 heteroatoms. The molecule has 1 aliphatic heterocycles. The van der Waals surface area contributed by atoms with E-state index in [9.17, 15) is 13.2 Å². The topological polar surface area (TPSA) is 66.5 Å². The zero-order valence-electron chi connectivity index (χ0n) is 13.2. The number of nitrogens with one attached hydrogen (secondary N) is 1. The van der Waals surface area contributed by atoms with E-state index in [0.29, 0.717) is 24.7 Å². The Kier molecular flexibility index (Phi) is 7.32. The highest BCUT2D eigenvalue weighted by Crippen LogP contribution is 2.25. The number of amides is 1. The predicted molar refractivity (Wildman–Crippen MR) is 94.9 cm³/mol. The molecule has 1 saturated heterocycles. The molecule has 1 aromatic carbocycles. The summed E-state index contributed by atoms with van der Waals surface area (Å²) in [5.74, 6) is -0.790. The quantitative estimate of drug-likeness (QED) is 0.867. The molecule has 0 aliphatic carbocycles. The second-order valence-electron chi connectivity index (χ2n) is 5.72. The first kappa shape index (κ1) is 20.2. The number of benzene rings is 1.